The fourth-order valence-corrected chi connectivity index (χ4v) is 2.63. The number of benzene rings is 1. The molecule has 1 fully saturated rings. The zero-order valence-electron chi connectivity index (χ0n) is 11.5. The summed E-state index contributed by atoms with van der Waals surface area (Å²) < 4.78 is 21.1. The molecule has 0 bridgehead atoms. The first-order valence-electron chi connectivity index (χ1n) is 6.98. The van der Waals surface area contributed by atoms with Gasteiger partial charge in [-0.05, 0) is 38.4 Å². The molecule has 4 nitrogen and oxygen atoms in total. The van der Waals surface area contributed by atoms with E-state index in [-0.39, 0.29) is 11.6 Å². The highest BCUT2D eigenvalue weighted by atomic mass is 19.1. The normalized spacial score (nSPS) is 18.4. The molecule has 20 heavy (non-hydrogen) atoms. The molecule has 1 aliphatic rings. The van der Waals surface area contributed by atoms with E-state index in [1.54, 1.807) is 12.4 Å². The Labute approximate surface area is 117 Å². The Morgan fingerprint density at radius 2 is 2.40 bits per heavy atom. The van der Waals surface area contributed by atoms with Gasteiger partial charge in [0.05, 0.1) is 30.5 Å². The van der Waals surface area contributed by atoms with Crippen LogP contribution in [-0.2, 0) is 0 Å². The lowest BCUT2D eigenvalue weighted by Crippen LogP contribution is -2.16. The van der Waals surface area contributed by atoms with Crippen molar-refractivity contribution in [2.45, 2.75) is 25.8 Å². The first-order valence-corrected chi connectivity index (χ1v) is 6.98. The molecule has 2 aromatic rings. The van der Waals surface area contributed by atoms with Gasteiger partial charge in [0.2, 0.25) is 0 Å². The molecule has 1 aliphatic heterocycles. The molecule has 106 valence electrons. The second kappa shape index (κ2) is 5.63. The zero-order chi connectivity index (χ0) is 13.9. The minimum Gasteiger partial charge on any atom is -0.491 e. The van der Waals surface area contributed by atoms with Crippen LogP contribution in [0.5, 0.6) is 5.75 Å². The van der Waals surface area contributed by atoms with Gasteiger partial charge >= 0.3 is 0 Å². The molecule has 1 aromatic heterocycles. The third-order valence-corrected chi connectivity index (χ3v) is 3.58. The second-order valence-corrected chi connectivity index (χ2v) is 4.89. The first-order chi connectivity index (χ1) is 9.79. The summed E-state index contributed by atoms with van der Waals surface area (Å²) >= 11 is 0. The molecule has 2 heterocycles. The summed E-state index contributed by atoms with van der Waals surface area (Å²) in [4.78, 5) is 4.20. The van der Waals surface area contributed by atoms with E-state index >= 15 is 0 Å². The topological polar surface area (TPSA) is 39.1 Å². The molecular weight excluding hydrogens is 257 g/mol. The Morgan fingerprint density at radius 3 is 3.10 bits per heavy atom. The van der Waals surface area contributed by atoms with Crippen molar-refractivity contribution in [1.82, 2.24) is 14.9 Å². The molecule has 0 saturated carbocycles. The Morgan fingerprint density at radius 1 is 1.50 bits per heavy atom. The summed E-state index contributed by atoms with van der Waals surface area (Å²) in [6, 6.07) is 5.31. The summed E-state index contributed by atoms with van der Waals surface area (Å²) in [5.74, 6) is -0.0553. The standard InChI is InChI=1S/C15H18FN3O/c1-2-20-15-6-5-11(8-12(15)16)19-10-17-9-14(19)13-4-3-7-18-13/h5-6,8-10,13,18H,2-4,7H2,1H3/t13-/m0/s1. The quantitative estimate of drug-likeness (QED) is 0.932. The van der Waals surface area contributed by atoms with Crippen molar-refractivity contribution in [2.24, 2.45) is 0 Å². The average Bonchev–Trinajstić information content (AvgIpc) is 3.11. The van der Waals surface area contributed by atoms with E-state index < -0.39 is 0 Å². The maximum absolute atomic E-state index is 14.0. The minimum absolute atomic E-state index is 0.289. The molecule has 1 aromatic carbocycles. The van der Waals surface area contributed by atoms with Crippen molar-refractivity contribution in [3.05, 3.63) is 42.2 Å². The molecule has 1 atom stereocenters. The van der Waals surface area contributed by atoms with Gasteiger partial charge in [-0.1, -0.05) is 0 Å². The van der Waals surface area contributed by atoms with Gasteiger partial charge in [-0.15, -0.1) is 0 Å². The molecule has 1 N–H and O–H groups in total. The van der Waals surface area contributed by atoms with Gasteiger partial charge in [-0.25, -0.2) is 9.37 Å². The van der Waals surface area contributed by atoms with Crippen LogP contribution in [0.1, 0.15) is 31.5 Å². The van der Waals surface area contributed by atoms with Gasteiger partial charge in [0, 0.05) is 12.1 Å². The highest BCUT2D eigenvalue weighted by Crippen LogP contribution is 2.27. The van der Waals surface area contributed by atoms with Gasteiger partial charge in [0.15, 0.2) is 11.6 Å². The van der Waals surface area contributed by atoms with Crippen molar-refractivity contribution in [3.8, 4) is 11.4 Å². The molecule has 5 heteroatoms. The Balaban J connectivity index is 1.93. The monoisotopic (exact) mass is 275 g/mol. The van der Waals surface area contributed by atoms with Crippen molar-refractivity contribution in [3.63, 3.8) is 0 Å². The highest BCUT2D eigenvalue weighted by Gasteiger charge is 2.20. The van der Waals surface area contributed by atoms with E-state index in [0.717, 1.165) is 30.8 Å². The maximum atomic E-state index is 14.0. The molecule has 0 radical (unpaired) electrons. The lowest BCUT2D eigenvalue weighted by Gasteiger charge is -2.14. The van der Waals surface area contributed by atoms with Crippen LogP contribution in [0.2, 0.25) is 0 Å². The zero-order valence-corrected chi connectivity index (χ0v) is 11.5. The van der Waals surface area contributed by atoms with Gasteiger partial charge in [-0.3, -0.25) is 0 Å². The number of nitrogens with one attached hydrogen (secondary N) is 1. The largest absolute Gasteiger partial charge is 0.491 e. The number of imidazole rings is 1. The number of ether oxygens (including phenoxy) is 1. The maximum Gasteiger partial charge on any atom is 0.167 e. The van der Waals surface area contributed by atoms with Gasteiger partial charge in [0.25, 0.3) is 0 Å². The number of hydrogen-bond acceptors (Lipinski definition) is 3. The van der Waals surface area contributed by atoms with E-state index in [4.69, 9.17) is 4.74 Å². The summed E-state index contributed by atoms with van der Waals surface area (Å²) in [6.07, 6.45) is 5.82. The van der Waals surface area contributed by atoms with Crippen molar-refractivity contribution >= 4 is 0 Å². The van der Waals surface area contributed by atoms with Crippen molar-refractivity contribution < 1.29 is 9.13 Å². The van der Waals surface area contributed by atoms with E-state index in [0.29, 0.717) is 12.6 Å². The number of nitrogens with zero attached hydrogens (tertiary/aromatic N) is 2. The van der Waals surface area contributed by atoms with E-state index in [9.17, 15) is 4.39 Å². The third kappa shape index (κ3) is 2.41. The lowest BCUT2D eigenvalue weighted by molar-refractivity contribution is 0.321. The Kier molecular flexibility index (Phi) is 3.69. The lowest BCUT2D eigenvalue weighted by atomic mass is 10.1. The number of hydrogen-bond donors (Lipinski definition) is 1. The van der Waals surface area contributed by atoms with Gasteiger partial charge in [0.1, 0.15) is 0 Å². The molecule has 0 aliphatic carbocycles. The Bertz CT molecular complexity index is 591. The molecule has 0 unspecified atom stereocenters. The van der Waals surface area contributed by atoms with Crippen LogP contribution in [-0.4, -0.2) is 22.7 Å². The summed E-state index contributed by atoms with van der Waals surface area (Å²) in [6.45, 7) is 3.32. The van der Waals surface area contributed by atoms with E-state index in [1.165, 1.54) is 6.07 Å². The van der Waals surface area contributed by atoms with E-state index in [2.05, 4.69) is 10.3 Å². The minimum atomic E-state index is -0.344. The Hall–Kier alpha value is -1.88. The summed E-state index contributed by atoms with van der Waals surface area (Å²) in [5.41, 5.74) is 1.85. The fraction of sp³-hybridized carbons (Fsp3) is 0.400. The molecular formula is C15H18FN3O. The molecule has 3 rings (SSSR count). The summed E-state index contributed by atoms with van der Waals surface area (Å²) in [7, 11) is 0. The molecule has 0 amide bonds. The highest BCUT2D eigenvalue weighted by molar-refractivity contribution is 5.40. The SMILES string of the molecule is CCOc1ccc(-n2cncc2[C@@H]2CCCN2)cc1F. The van der Waals surface area contributed by atoms with Crippen molar-refractivity contribution in [1.29, 1.82) is 0 Å². The summed E-state index contributed by atoms with van der Waals surface area (Å²) in [5, 5.41) is 3.44. The number of halogens is 1. The number of aromatic nitrogens is 2. The fourth-order valence-electron chi connectivity index (χ4n) is 2.63. The van der Waals surface area contributed by atoms with Crippen LogP contribution < -0.4 is 10.1 Å². The van der Waals surface area contributed by atoms with Crippen LogP contribution in [0.25, 0.3) is 5.69 Å². The second-order valence-electron chi connectivity index (χ2n) is 4.89. The molecule has 0 spiro atoms. The van der Waals surface area contributed by atoms with Crippen LogP contribution >= 0.6 is 0 Å². The third-order valence-electron chi connectivity index (χ3n) is 3.58. The molecule has 1 saturated heterocycles. The predicted molar refractivity (Wildman–Crippen MR) is 74.7 cm³/mol. The van der Waals surface area contributed by atoms with Crippen LogP contribution in [0.4, 0.5) is 4.39 Å². The van der Waals surface area contributed by atoms with Crippen molar-refractivity contribution in [2.75, 3.05) is 13.2 Å². The predicted octanol–water partition coefficient (Wildman–Crippen LogP) is 2.83. The van der Waals surface area contributed by atoms with Gasteiger partial charge in [-0.2, -0.15) is 0 Å². The van der Waals surface area contributed by atoms with Crippen LogP contribution in [0.15, 0.2) is 30.7 Å². The van der Waals surface area contributed by atoms with Gasteiger partial charge < -0.3 is 14.6 Å². The average molecular weight is 275 g/mol. The smallest absolute Gasteiger partial charge is 0.167 e. The first kappa shape index (κ1) is 13.1. The number of rotatable bonds is 4. The van der Waals surface area contributed by atoms with E-state index in [1.807, 2.05) is 23.8 Å². The van der Waals surface area contributed by atoms with Crippen LogP contribution in [0.3, 0.4) is 0 Å². The van der Waals surface area contributed by atoms with Crippen LogP contribution in [0, 0.1) is 5.82 Å².